The second-order valence-corrected chi connectivity index (χ2v) is 6.69. The summed E-state index contributed by atoms with van der Waals surface area (Å²) in [5, 5.41) is 11.7. The maximum atomic E-state index is 11.1. The molecule has 0 aliphatic carbocycles. The quantitative estimate of drug-likeness (QED) is 0.626. The zero-order chi connectivity index (χ0) is 18.1. The number of benzene rings is 2. The Hall–Kier alpha value is -2.85. The van der Waals surface area contributed by atoms with Crippen molar-refractivity contribution in [3.05, 3.63) is 71.4 Å². The molecule has 0 bridgehead atoms. The highest BCUT2D eigenvalue weighted by Crippen LogP contribution is 2.31. The molecule has 26 heavy (non-hydrogen) atoms. The fourth-order valence-corrected chi connectivity index (χ4v) is 3.56. The lowest BCUT2D eigenvalue weighted by atomic mass is 9.96. The first-order valence-electron chi connectivity index (χ1n) is 8.45. The van der Waals surface area contributed by atoms with Gasteiger partial charge in [0.05, 0.1) is 5.69 Å². The van der Waals surface area contributed by atoms with Gasteiger partial charge in [-0.15, -0.1) is 0 Å². The average molecular weight is 365 g/mol. The van der Waals surface area contributed by atoms with Crippen molar-refractivity contribution in [3.8, 4) is 11.3 Å². The van der Waals surface area contributed by atoms with Crippen LogP contribution in [-0.4, -0.2) is 34.2 Å². The lowest BCUT2D eigenvalue weighted by Crippen LogP contribution is -2.33. The zero-order valence-corrected chi connectivity index (χ0v) is 14.8. The van der Waals surface area contributed by atoms with E-state index in [0.29, 0.717) is 24.7 Å². The molecule has 5 heteroatoms. The molecule has 3 aromatic rings. The minimum absolute atomic E-state index is 0.424. The van der Waals surface area contributed by atoms with Gasteiger partial charge in [-0.1, -0.05) is 60.1 Å². The first-order valence-corrected chi connectivity index (χ1v) is 8.82. The molecular formula is C21H17ClN2O2. The molecule has 2 heterocycles. The molecule has 1 amide bonds. The van der Waals surface area contributed by atoms with E-state index in [0.717, 1.165) is 33.2 Å². The van der Waals surface area contributed by atoms with Gasteiger partial charge in [0, 0.05) is 24.0 Å². The monoisotopic (exact) mass is 364 g/mol. The number of hydrogen-bond donors (Lipinski definition) is 1. The van der Waals surface area contributed by atoms with Crippen molar-refractivity contribution in [1.82, 2.24) is 9.88 Å². The Labute approximate surface area is 156 Å². The van der Waals surface area contributed by atoms with Crippen LogP contribution in [-0.2, 0) is 0 Å². The summed E-state index contributed by atoms with van der Waals surface area (Å²) in [5.41, 5.74) is 4.12. The number of halogens is 1. The molecule has 0 radical (unpaired) electrons. The number of pyridine rings is 1. The second kappa shape index (κ2) is 6.81. The predicted molar refractivity (Wildman–Crippen MR) is 104 cm³/mol. The Kier molecular flexibility index (Phi) is 4.35. The van der Waals surface area contributed by atoms with E-state index in [4.69, 9.17) is 16.7 Å². The van der Waals surface area contributed by atoms with Crippen molar-refractivity contribution in [2.75, 3.05) is 13.1 Å². The molecular weight excluding hydrogens is 348 g/mol. The van der Waals surface area contributed by atoms with Crippen LogP contribution in [0.3, 0.4) is 0 Å². The van der Waals surface area contributed by atoms with Crippen LogP contribution in [0.2, 0.25) is 5.15 Å². The minimum atomic E-state index is -0.872. The minimum Gasteiger partial charge on any atom is -0.465 e. The van der Waals surface area contributed by atoms with Gasteiger partial charge in [0.15, 0.2) is 0 Å². The number of carboxylic acid groups (broad SMARTS) is 1. The highest BCUT2D eigenvalue weighted by Gasteiger charge is 2.17. The molecule has 0 saturated heterocycles. The van der Waals surface area contributed by atoms with Gasteiger partial charge in [0.25, 0.3) is 0 Å². The Morgan fingerprint density at radius 2 is 1.88 bits per heavy atom. The number of rotatable bonds is 2. The van der Waals surface area contributed by atoms with Crippen LogP contribution >= 0.6 is 11.6 Å². The lowest BCUT2D eigenvalue weighted by molar-refractivity contribution is 0.150. The van der Waals surface area contributed by atoms with Gasteiger partial charge in [-0.05, 0) is 35.1 Å². The molecule has 0 spiro atoms. The third kappa shape index (κ3) is 3.16. The van der Waals surface area contributed by atoms with E-state index >= 15 is 0 Å². The van der Waals surface area contributed by atoms with Crippen LogP contribution in [0.15, 0.2) is 60.7 Å². The summed E-state index contributed by atoms with van der Waals surface area (Å²) in [6.45, 7) is 0.941. The topological polar surface area (TPSA) is 53.4 Å². The second-order valence-electron chi connectivity index (χ2n) is 6.30. The number of amides is 1. The molecule has 1 aliphatic heterocycles. The number of fused-ring (bicyclic) bond motifs is 1. The molecule has 0 saturated carbocycles. The smallest absolute Gasteiger partial charge is 0.407 e. The molecule has 0 unspecified atom stereocenters. The van der Waals surface area contributed by atoms with Gasteiger partial charge in [0.1, 0.15) is 5.15 Å². The fraction of sp³-hybridized carbons (Fsp3) is 0.143. The van der Waals surface area contributed by atoms with E-state index in [1.165, 1.54) is 4.90 Å². The molecule has 130 valence electrons. The molecule has 1 aliphatic rings. The van der Waals surface area contributed by atoms with Crippen molar-refractivity contribution in [1.29, 1.82) is 0 Å². The first-order chi connectivity index (χ1) is 12.6. The summed E-state index contributed by atoms with van der Waals surface area (Å²) in [6.07, 6.45) is 1.82. The van der Waals surface area contributed by atoms with Crippen LogP contribution < -0.4 is 0 Å². The molecule has 0 atom stereocenters. The number of nitrogens with zero attached hydrogens (tertiary/aromatic N) is 2. The van der Waals surface area contributed by atoms with Gasteiger partial charge in [-0.3, -0.25) is 0 Å². The summed E-state index contributed by atoms with van der Waals surface area (Å²) in [6, 6.07) is 18.1. The molecule has 1 aromatic heterocycles. The van der Waals surface area contributed by atoms with Crippen LogP contribution in [0, 0.1) is 0 Å². The summed E-state index contributed by atoms with van der Waals surface area (Å²) in [4.78, 5) is 17.0. The molecule has 2 aromatic carbocycles. The normalized spacial score (nSPS) is 14.3. The largest absolute Gasteiger partial charge is 0.465 e. The zero-order valence-electron chi connectivity index (χ0n) is 14.0. The van der Waals surface area contributed by atoms with Gasteiger partial charge in [0.2, 0.25) is 0 Å². The van der Waals surface area contributed by atoms with E-state index in [2.05, 4.69) is 17.1 Å². The van der Waals surface area contributed by atoms with Crippen LogP contribution in [0.4, 0.5) is 4.79 Å². The van der Waals surface area contributed by atoms with Crippen molar-refractivity contribution >= 4 is 34.0 Å². The van der Waals surface area contributed by atoms with Crippen molar-refractivity contribution in [2.24, 2.45) is 0 Å². The van der Waals surface area contributed by atoms with E-state index < -0.39 is 6.09 Å². The van der Waals surface area contributed by atoms with Gasteiger partial charge in [-0.2, -0.15) is 0 Å². The highest BCUT2D eigenvalue weighted by atomic mass is 35.5. The van der Waals surface area contributed by atoms with Crippen molar-refractivity contribution in [3.63, 3.8) is 0 Å². The fourth-order valence-electron chi connectivity index (χ4n) is 3.36. The standard InChI is InChI=1S/C21H17ClN2O2/c22-19-13-16-4-1-2-7-18(16)20(23-19)17-6-3-5-15(12-17)14-8-10-24(11-9-14)21(25)26/h1-8,12-13H,9-11H2,(H,25,26). The number of carbonyl (C=O) groups is 1. The van der Waals surface area contributed by atoms with E-state index in [9.17, 15) is 4.79 Å². The maximum Gasteiger partial charge on any atom is 0.407 e. The Bertz CT molecular complexity index is 1030. The van der Waals surface area contributed by atoms with Crippen LogP contribution in [0.25, 0.3) is 27.6 Å². The Morgan fingerprint density at radius 3 is 2.65 bits per heavy atom. The summed E-state index contributed by atoms with van der Waals surface area (Å²) >= 11 is 6.22. The third-order valence-corrected chi connectivity index (χ3v) is 4.89. The Morgan fingerprint density at radius 1 is 1.08 bits per heavy atom. The maximum absolute atomic E-state index is 11.1. The highest BCUT2D eigenvalue weighted by molar-refractivity contribution is 6.30. The lowest BCUT2D eigenvalue weighted by Gasteiger charge is -2.24. The van der Waals surface area contributed by atoms with Crippen LogP contribution in [0.5, 0.6) is 0 Å². The molecule has 0 fully saturated rings. The number of aromatic nitrogens is 1. The average Bonchev–Trinajstić information content (AvgIpc) is 2.67. The Balaban J connectivity index is 1.75. The summed E-state index contributed by atoms with van der Waals surface area (Å²) in [7, 11) is 0. The molecule has 1 N–H and O–H groups in total. The van der Waals surface area contributed by atoms with E-state index in [-0.39, 0.29) is 0 Å². The van der Waals surface area contributed by atoms with E-state index in [1.807, 2.05) is 48.5 Å². The number of hydrogen-bond acceptors (Lipinski definition) is 2. The first kappa shape index (κ1) is 16.6. The van der Waals surface area contributed by atoms with Gasteiger partial charge < -0.3 is 10.0 Å². The van der Waals surface area contributed by atoms with Crippen molar-refractivity contribution in [2.45, 2.75) is 6.42 Å². The SMILES string of the molecule is O=C(O)N1CC=C(c2cccc(-c3nc(Cl)cc4ccccc34)c2)CC1. The third-order valence-electron chi connectivity index (χ3n) is 4.70. The van der Waals surface area contributed by atoms with Crippen LogP contribution in [0.1, 0.15) is 12.0 Å². The van der Waals surface area contributed by atoms with Crippen molar-refractivity contribution < 1.29 is 9.90 Å². The van der Waals surface area contributed by atoms with Gasteiger partial charge in [-0.25, -0.2) is 9.78 Å². The summed E-state index contributed by atoms with van der Waals surface area (Å²) in [5.74, 6) is 0. The van der Waals surface area contributed by atoms with E-state index in [1.54, 1.807) is 0 Å². The van der Waals surface area contributed by atoms with Gasteiger partial charge >= 0.3 is 6.09 Å². The molecule has 4 rings (SSSR count). The predicted octanol–water partition coefficient (Wildman–Crippen LogP) is 5.32. The summed E-state index contributed by atoms with van der Waals surface area (Å²) < 4.78 is 0. The molecule has 4 nitrogen and oxygen atoms in total.